The van der Waals surface area contributed by atoms with Gasteiger partial charge in [-0.1, -0.05) is 12.2 Å². The molecule has 1 N–H and O–H groups in total. The minimum absolute atomic E-state index is 0.0540. The average molecular weight is 157 g/mol. The SMILES string of the molecule is C/C=C/CNCC(C)(C)OC. The first-order chi connectivity index (χ1) is 5.12. The Morgan fingerprint density at radius 2 is 2.09 bits per heavy atom. The smallest absolute Gasteiger partial charge is 0.0746 e. The number of hydrogen-bond acceptors (Lipinski definition) is 2. The lowest BCUT2D eigenvalue weighted by Crippen LogP contribution is -2.36. The minimum atomic E-state index is -0.0540. The second-order valence-corrected chi connectivity index (χ2v) is 3.16. The lowest BCUT2D eigenvalue weighted by molar-refractivity contribution is 0.0241. The molecule has 0 aliphatic rings. The molecule has 0 unspecified atom stereocenters. The van der Waals surface area contributed by atoms with Crippen LogP contribution in [0.4, 0.5) is 0 Å². The molecule has 2 heteroatoms. The van der Waals surface area contributed by atoms with Gasteiger partial charge >= 0.3 is 0 Å². The highest BCUT2D eigenvalue weighted by Gasteiger charge is 2.14. The Morgan fingerprint density at radius 1 is 1.45 bits per heavy atom. The molecule has 0 amide bonds. The fourth-order valence-corrected chi connectivity index (χ4v) is 0.647. The van der Waals surface area contributed by atoms with Crippen molar-refractivity contribution in [3.8, 4) is 0 Å². The Balaban J connectivity index is 3.37. The Bertz CT molecular complexity index is 119. The lowest BCUT2D eigenvalue weighted by Gasteiger charge is -2.22. The lowest BCUT2D eigenvalue weighted by atomic mass is 10.1. The third kappa shape index (κ3) is 6.07. The molecule has 66 valence electrons. The van der Waals surface area contributed by atoms with Gasteiger partial charge in [0.2, 0.25) is 0 Å². The van der Waals surface area contributed by atoms with E-state index in [1.54, 1.807) is 7.11 Å². The van der Waals surface area contributed by atoms with Crippen molar-refractivity contribution in [2.75, 3.05) is 20.2 Å². The third-order valence-corrected chi connectivity index (χ3v) is 1.60. The first-order valence-electron chi connectivity index (χ1n) is 3.99. The van der Waals surface area contributed by atoms with E-state index in [4.69, 9.17) is 4.74 Å². The first kappa shape index (κ1) is 10.7. The molecule has 0 aliphatic carbocycles. The number of rotatable bonds is 5. The molecule has 11 heavy (non-hydrogen) atoms. The van der Waals surface area contributed by atoms with E-state index in [2.05, 4.69) is 25.2 Å². The molecule has 0 atom stereocenters. The summed E-state index contributed by atoms with van der Waals surface area (Å²) in [5.74, 6) is 0. The molecule has 0 aromatic rings. The van der Waals surface area contributed by atoms with Crippen LogP contribution in [-0.2, 0) is 4.74 Å². The van der Waals surface area contributed by atoms with Crippen molar-refractivity contribution in [3.63, 3.8) is 0 Å². The fourth-order valence-electron chi connectivity index (χ4n) is 0.647. The summed E-state index contributed by atoms with van der Waals surface area (Å²) in [7, 11) is 1.73. The Kier molecular flexibility index (Phi) is 5.16. The topological polar surface area (TPSA) is 21.3 Å². The highest BCUT2D eigenvalue weighted by Crippen LogP contribution is 2.03. The van der Waals surface area contributed by atoms with Crippen LogP contribution in [0.3, 0.4) is 0 Å². The van der Waals surface area contributed by atoms with Crippen LogP contribution in [0.1, 0.15) is 20.8 Å². The Morgan fingerprint density at radius 3 is 2.55 bits per heavy atom. The zero-order valence-electron chi connectivity index (χ0n) is 7.98. The molecule has 0 aromatic heterocycles. The minimum Gasteiger partial charge on any atom is -0.377 e. The van der Waals surface area contributed by atoms with Gasteiger partial charge in [-0.15, -0.1) is 0 Å². The van der Waals surface area contributed by atoms with Gasteiger partial charge in [-0.3, -0.25) is 0 Å². The van der Waals surface area contributed by atoms with Crippen molar-refractivity contribution in [1.82, 2.24) is 5.32 Å². The first-order valence-corrected chi connectivity index (χ1v) is 3.99. The van der Waals surface area contributed by atoms with E-state index >= 15 is 0 Å². The van der Waals surface area contributed by atoms with Gasteiger partial charge in [0.25, 0.3) is 0 Å². The van der Waals surface area contributed by atoms with E-state index in [1.807, 2.05) is 13.0 Å². The second kappa shape index (κ2) is 5.33. The van der Waals surface area contributed by atoms with Gasteiger partial charge in [0, 0.05) is 20.2 Å². The summed E-state index contributed by atoms with van der Waals surface area (Å²) in [6.45, 7) is 7.95. The van der Waals surface area contributed by atoms with Gasteiger partial charge in [0.15, 0.2) is 0 Å². The van der Waals surface area contributed by atoms with Gasteiger partial charge < -0.3 is 10.1 Å². The molecule has 0 heterocycles. The van der Waals surface area contributed by atoms with Crippen molar-refractivity contribution in [2.45, 2.75) is 26.4 Å². The third-order valence-electron chi connectivity index (χ3n) is 1.60. The highest BCUT2D eigenvalue weighted by molar-refractivity contribution is 4.81. The van der Waals surface area contributed by atoms with E-state index < -0.39 is 0 Å². The van der Waals surface area contributed by atoms with Crippen molar-refractivity contribution in [3.05, 3.63) is 12.2 Å². The van der Waals surface area contributed by atoms with Crippen LogP contribution in [0, 0.1) is 0 Å². The number of hydrogen-bond donors (Lipinski definition) is 1. The molecule has 0 saturated heterocycles. The van der Waals surface area contributed by atoms with E-state index in [0.717, 1.165) is 13.1 Å². The zero-order valence-corrected chi connectivity index (χ0v) is 7.98. The Hall–Kier alpha value is -0.340. The summed E-state index contributed by atoms with van der Waals surface area (Å²) < 4.78 is 5.23. The van der Waals surface area contributed by atoms with E-state index in [1.165, 1.54) is 0 Å². The predicted octanol–water partition coefficient (Wildman–Crippen LogP) is 1.58. The standard InChI is InChI=1S/C9H19NO/c1-5-6-7-10-8-9(2,3)11-4/h5-6,10H,7-8H2,1-4H3/b6-5+. The number of ether oxygens (including phenoxy) is 1. The summed E-state index contributed by atoms with van der Waals surface area (Å²) in [5.41, 5.74) is -0.0540. The normalized spacial score (nSPS) is 12.7. The molecule has 0 saturated carbocycles. The van der Waals surface area contributed by atoms with Gasteiger partial charge in [-0.05, 0) is 20.8 Å². The van der Waals surface area contributed by atoms with Crippen LogP contribution < -0.4 is 5.32 Å². The van der Waals surface area contributed by atoms with Crippen molar-refractivity contribution >= 4 is 0 Å². The van der Waals surface area contributed by atoms with Crippen LogP contribution in [0.5, 0.6) is 0 Å². The van der Waals surface area contributed by atoms with Crippen LogP contribution in [0.25, 0.3) is 0 Å². The number of methoxy groups -OCH3 is 1. The van der Waals surface area contributed by atoms with Gasteiger partial charge in [0.05, 0.1) is 5.60 Å². The molecule has 0 spiro atoms. The molecule has 0 aliphatic heterocycles. The fraction of sp³-hybridized carbons (Fsp3) is 0.778. The molecule has 0 aromatic carbocycles. The van der Waals surface area contributed by atoms with E-state index in [-0.39, 0.29) is 5.60 Å². The monoisotopic (exact) mass is 157 g/mol. The molecular weight excluding hydrogens is 138 g/mol. The van der Waals surface area contributed by atoms with Gasteiger partial charge in [0.1, 0.15) is 0 Å². The molecule has 0 radical (unpaired) electrons. The highest BCUT2D eigenvalue weighted by atomic mass is 16.5. The average Bonchev–Trinajstić information content (AvgIpc) is 1.99. The van der Waals surface area contributed by atoms with Crippen LogP contribution in [0.2, 0.25) is 0 Å². The predicted molar refractivity (Wildman–Crippen MR) is 48.8 cm³/mol. The van der Waals surface area contributed by atoms with E-state index in [0.29, 0.717) is 0 Å². The maximum Gasteiger partial charge on any atom is 0.0746 e. The Labute approximate surface area is 69.6 Å². The van der Waals surface area contributed by atoms with Crippen molar-refractivity contribution in [2.24, 2.45) is 0 Å². The summed E-state index contributed by atoms with van der Waals surface area (Å²) in [5, 5.41) is 3.27. The molecule has 2 nitrogen and oxygen atoms in total. The summed E-state index contributed by atoms with van der Waals surface area (Å²) in [6, 6.07) is 0. The number of nitrogens with one attached hydrogen (secondary N) is 1. The zero-order chi connectivity index (χ0) is 8.74. The van der Waals surface area contributed by atoms with Gasteiger partial charge in [-0.25, -0.2) is 0 Å². The molecule has 0 rings (SSSR count). The largest absolute Gasteiger partial charge is 0.377 e. The summed E-state index contributed by atoms with van der Waals surface area (Å²) in [4.78, 5) is 0. The van der Waals surface area contributed by atoms with Crippen LogP contribution >= 0.6 is 0 Å². The van der Waals surface area contributed by atoms with Crippen LogP contribution in [0.15, 0.2) is 12.2 Å². The molecule has 0 bridgehead atoms. The maximum atomic E-state index is 5.23. The van der Waals surface area contributed by atoms with Gasteiger partial charge in [-0.2, -0.15) is 0 Å². The summed E-state index contributed by atoms with van der Waals surface area (Å²) >= 11 is 0. The van der Waals surface area contributed by atoms with E-state index in [9.17, 15) is 0 Å². The quantitative estimate of drug-likeness (QED) is 0.483. The number of allylic oxidation sites excluding steroid dienone is 1. The van der Waals surface area contributed by atoms with Crippen LogP contribution in [-0.4, -0.2) is 25.8 Å². The maximum absolute atomic E-state index is 5.23. The van der Waals surface area contributed by atoms with Crippen molar-refractivity contribution < 1.29 is 4.74 Å². The summed E-state index contributed by atoms with van der Waals surface area (Å²) in [6.07, 6.45) is 4.12. The van der Waals surface area contributed by atoms with Crippen molar-refractivity contribution in [1.29, 1.82) is 0 Å². The molecular formula is C9H19NO. The second-order valence-electron chi connectivity index (χ2n) is 3.16. The molecule has 0 fully saturated rings.